The highest BCUT2D eigenvalue weighted by Gasteiger charge is 2.39. The zero-order chi connectivity index (χ0) is 24.4. The summed E-state index contributed by atoms with van der Waals surface area (Å²) < 4.78 is 5.79. The minimum atomic E-state index is -0.593. The number of nitrogens with zero attached hydrogens (tertiary/aromatic N) is 4. The molecular weight excluding hydrogens is 444 g/mol. The van der Waals surface area contributed by atoms with E-state index in [-0.39, 0.29) is 24.3 Å². The summed E-state index contributed by atoms with van der Waals surface area (Å²) >= 11 is 0. The number of anilines is 1. The van der Waals surface area contributed by atoms with Crippen LogP contribution in [0.1, 0.15) is 33.3 Å². The van der Waals surface area contributed by atoms with Gasteiger partial charge in [-0.25, -0.2) is 0 Å². The van der Waals surface area contributed by atoms with Gasteiger partial charge >= 0.3 is 0 Å². The molecule has 5 rings (SSSR count). The van der Waals surface area contributed by atoms with E-state index >= 15 is 0 Å². The highest BCUT2D eigenvalue weighted by molar-refractivity contribution is 6.23. The van der Waals surface area contributed by atoms with Crippen LogP contribution >= 0.6 is 0 Å². The number of piperazine rings is 1. The van der Waals surface area contributed by atoms with Crippen LogP contribution in [0.5, 0.6) is 5.75 Å². The molecule has 2 aromatic carbocycles. The van der Waals surface area contributed by atoms with E-state index in [4.69, 9.17) is 4.74 Å². The van der Waals surface area contributed by atoms with Gasteiger partial charge in [0.1, 0.15) is 5.75 Å². The van der Waals surface area contributed by atoms with Crippen molar-refractivity contribution in [3.63, 3.8) is 0 Å². The first-order valence-corrected chi connectivity index (χ1v) is 11.7. The number of carbonyl (C=O) groups is 3. The Hall–Kier alpha value is -4.20. The van der Waals surface area contributed by atoms with Crippen molar-refractivity contribution in [1.82, 2.24) is 14.8 Å². The van der Waals surface area contributed by atoms with Crippen molar-refractivity contribution >= 4 is 23.4 Å². The van der Waals surface area contributed by atoms with E-state index in [2.05, 4.69) is 9.88 Å². The van der Waals surface area contributed by atoms with Gasteiger partial charge in [-0.1, -0.05) is 30.3 Å². The van der Waals surface area contributed by atoms with Crippen molar-refractivity contribution in [1.29, 1.82) is 0 Å². The van der Waals surface area contributed by atoms with Gasteiger partial charge in [-0.15, -0.1) is 0 Å². The molecule has 1 fully saturated rings. The molecule has 178 valence electrons. The summed E-state index contributed by atoms with van der Waals surface area (Å²) in [5, 5.41) is 0. The lowest BCUT2D eigenvalue weighted by Gasteiger charge is -2.37. The number of amides is 3. The van der Waals surface area contributed by atoms with E-state index in [1.807, 2.05) is 42.5 Å². The van der Waals surface area contributed by atoms with Crippen molar-refractivity contribution in [3.8, 4) is 5.75 Å². The molecule has 2 aliphatic rings. The van der Waals surface area contributed by atoms with Gasteiger partial charge in [0.05, 0.1) is 29.1 Å². The van der Waals surface area contributed by atoms with Gasteiger partial charge in [0.25, 0.3) is 17.7 Å². The van der Waals surface area contributed by atoms with Gasteiger partial charge in [-0.3, -0.25) is 24.3 Å². The molecule has 8 heteroatoms. The van der Waals surface area contributed by atoms with E-state index in [0.29, 0.717) is 48.7 Å². The van der Waals surface area contributed by atoms with Crippen LogP contribution in [0.2, 0.25) is 0 Å². The molecule has 8 nitrogen and oxygen atoms in total. The monoisotopic (exact) mass is 470 g/mol. The highest BCUT2D eigenvalue weighted by Crippen LogP contribution is 2.33. The average Bonchev–Trinajstić information content (AvgIpc) is 3.14. The number of pyridine rings is 1. The van der Waals surface area contributed by atoms with Crippen LogP contribution in [0, 0.1) is 0 Å². The molecule has 1 saturated heterocycles. The number of benzene rings is 2. The fraction of sp³-hybridized carbons (Fsp3) is 0.259. The summed E-state index contributed by atoms with van der Waals surface area (Å²) in [6.45, 7) is 4.01. The second-order valence-electron chi connectivity index (χ2n) is 8.60. The van der Waals surface area contributed by atoms with Crippen molar-refractivity contribution < 1.29 is 19.1 Å². The van der Waals surface area contributed by atoms with Crippen molar-refractivity contribution in [3.05, 3.63) is 89.7 Å². The number of para-hydroxylation sites is 1. The molecule has 1 atom stereocenters. The lowest BCUT2D eigenvalue weighted by Crippen LogP contribution is -2.52. The largest absolute Gasteiger partial charge is 0.481 e. The number of hydrogen-bond donors (Lipinski definition) is 0. The van der Waals surface area contributed by atoms with Gasteiger partial charge < -0.3 is 14.5 Å². The zero-order valence-corrected chi connectivity index (χ0v) is 19.5. The molecule has 2 aliphatic heterocycles. The van der Waals surface area contributed by atoms with E-state index in [1.54, 1.807) is 42.3 Å². The maximum absolute atomic E-state index is 13.3. The molecule has 3 aromatic rings. The lowest BCUT2D eigenvalue weighted by molar-refractivity contribution is -0.138. The number of hydrogen-bond acceptors (Lipinski definition) is 6. The normalized spacial score (nSPS) is 16.3. The van der Waals surface area contributed by atoms with Gasteiger partial charge in [-0.2, -0.15) is 0 Å². The standard InChI is InChI=1S/C27H26N4O4/c1-19(35-21-9-3-2-4-10-21)25(32)30-16-14-29(15-17-30)23-12-7-11-22-24(23)27(34)31(26(22)33)18-20-8-5-6-13-28-20/h2-13,19H,14-18H2,1H3/t19-/m0/s1. The summed E-state index contributed by atoms with van der Waals surface area (Å²) in [5.74, 6) is -0.0299. The number of rotatable bonds is 6. The highest BCUT2D eigenvalue weighted by atomic mass is 16.5. The van der Waals surface area contributed by atoms with Gasteiger partial charge in [0, 0.05) is 32.4 Å². The van der Waals surface area contributed by atoms with Crippen LogP contribution in [-0.2, 0) is 11.3 Å². The fourth-order valence-electron chi connectivity index (χ4n) is 4.55. The molecule has 0 aliphatic carbocycles. The summed E-state index contributed by atoms with van der Waals surface area (Å²) in [5.41, 5.74) is 2.22. The van der Waals surface area contributed by atoms with Crippen LogP contribution in [0.3, 0.4) is 0 Å². The van der Waals surface area contributed by atoms with Crippen LogP contribution in [-0.4, -0.2) is 64.8 Å². The molecule has 35 heavy (non-hydrogen) atoms. The maximum Gasteiger partial charge on any atom is 0.264 e. The van der Waals surface area contributed by atoms with Gasteiger partial charge in [0.2, 0.25) is 0 Å². The van der Waals surface area contributed by atoms with Crippen LogP contribution in [0.25, 0.3) is 0 Å². The van der Waals surface area contributed by atoms with Crippen LogP contribution in [0.4, 0.5) is 5.69 Å². The molecule has 0 saturated carbocycles. The Balaban J connectivity index is 1.27. The Morgan fingerprint density at radius 3 is 2.37 bits per heavy atom. The Kier molecular flexibility index (Phi) is 6.18. The first-order chi connectivity index (χ1) is 17.0. The summed E-state index contributed by atoms with van der Waals surface area (Å²) in [4.78, 5) is 48.6. The molecule has 0 spiro atoms. The van der Waals surface area contributed by atoms with Crippen molar-refractivity contribution in [2.75, 3.05) is 31.1 Å². The smallest absolute Gasteiger partial charge is 0.264 e. The predicted molar refractivity (Wildman–Crippen MR) is 130 cm³/mol. The van der Waals surface area contributed by atoms with Crippen LogP contribution < -0.4 is 9.64 Å². The number of ether oxygens (including phenoxy) is 1. The van der Waals surface area contributed by atoms with E-state index in [9.17, 15) is 14.4 Å². The maximum atomic E-state index is 13.3. The lowest BCUT2D eigenvalue weighted by atomic mass is 10.1. The molecule has 0 N–H and O–H groups in total. The van der Waals surface area contributed by atoms with Gasteiger partial charge in [-0.05, 0) is 43.3 Å². The van der Waals surface area contributed by atoms with Crippen molar-refractivity contribution in [2.24, 2.45) is 0 Å². The molecule has 0 unspecified atom stereocenters. The van der Waals surface area contributed by atoms with Crippen LogP contribution in [0.15, 0.2) is 72.9 Å². The first-order valence-electron chi connectivity index (χ1n) is 11.7. The van der Waals surface area contributed by atoms with E-state index in [0.717, 1.165) is 5.69 Å². The molecule has 0 bridgehead atoms. The molecular formula is C27H26N4O4. The first kappa shape index (κ1) is 22.6. The third kappa shape index (κ3) is 4.47. The SMILES string of the molecule is C[C@H](Oc1ccccc1)C(=O)N1CCN(c2cccc3c2C(=O)N(Cc2ccccn2)C3=O)CC1. The van der Waals surface area contributed by atoms with E-state index < -0.39 is 6.10 Å². The Bertz CT molecular complexity index is 1240. The number of carbonyl (C=O) groups excluding carboxylic acids is 3. The molecule has 0 radical (unpaired) electrons. The minimum Gasteiger partial charge on any atom is -0.481 e. The van der Waals surface area contributed by atoms with Gasteiger partial charge in [0.15, 0.2) is 6.10 Å². The fourth-order valence-corrected chi connectivity index (χ4v) is 4.55. The summed E-state index contributed by atoms with van der Waals surface area (Å²) in [6, 6.07) is 20.1. The second-order valence-corrected chi connectivity index (χ2v) is 8.60. The molecule has 3 amide bonds. The summed E-state index contributed by atoms with van der Waals surface area (Å²) in [7, 11) is 0. The third-order valence-corrected chi connectivity index (χ3v) is 6.36. The topological polar surface area (TPSA) is 83.1 Å². The number of fused-ring (bicyclic) bond motifs is 1. The third-order valence-electron chi connectivity index (χ3n) is 6.36. The van der Waals surface area contributed by atoms with Crippen molar-refractivity contribution in [2.45, 2.75) is 19.6 Å². The second kappa shape index (κ2) is 9.58. The predicted octanol–water partition coefficient (Wildman–Crippen LogP) is 2.99. The minimum absolute atomic E-state index is 0.0698. The Morgan fingerprint density at radius 1 is 0.914 bits per heavy atom. The number of imide groups is 1. The molecule has 3 heterocycles. The molecule has 1 aromatic heterocycles. The summed E-state index contributed by atoms with van der Waals surface area (Å²) in [6.07, 6.45) is 1.05. The van der Waals surface area contributed by atoms with E-state index in [1.165, 1.54) is 4.90 Å². The Morgan fingerprint density at radius 2 is 1.66 bits per heavy atom. The Labute approximate surface area is 203 Å². The number of aromatic nitrogens is 1. The quantitative estimate of drug-likeness (QED) is 0.515. The zero-order valence-electron chi connectivity index (χ0n) is 19.5. The average molecular weight is 471 g/mol.